The number of aromatic nitrogens is 3. The lowest BCUT2D eigenvalue weighted by Crippen LogP contribution is -2.15. The van der Waals surface area contributed by atoms with E-state index in [9.17, 15) is 9.18 Å². The molecule has 0 fully saturated rings. The third-order valence-corrected chi connectivity index (χ3v) is 5.18. The highest BCUT2D eigenvalue weighted by Crippen LogP contribution is 2.27. The van der Waals surface area contributed by atoms with Crippen molar-refractivity contribution >= 4 is 23.4 Å². The van der Waals surface area contributed by atoms with Crippen LogP contribution in [0.3, 0.4) is 0 Å². The first-order valence-electron chi connectivity index (χ1n) is 8.81. The fourth-order valence-electron chi connectivity index (χ4n) is 2.52. The number of rotatable bonds is 8. The molecule has 29 heavy (non-hydrogen) atoms. The molecule has 0 saturated carbocycles. The summed E-state index contributed by atoms with van der Waals surface area (Å²) >= 11 is 1.24. The molecule has 0 aliphatic heterocycles. The van der Waals surface area contributed by atoms with E-state index >= 15 is 0 Å². The zero-order valence-corrected chi connectivity index (χ0v) is 17.1. The Labute approximate surface area is 172 Å². The van der Waals surface area contributed by atoms with Crippen LogP contribution in [-0.4, -0.2) is 33.5 Å². The second kappa shape index (κ2) is 9.42. The van der Waals surface area contributed by atoms with Crippen LogP contribution < -0.4 is 14.8 Å². The molecule has 0 aliphatic carbocycles. The summed E-state index contributed by atoms with van der Waals surface area (Å²) in [5.74, 6) is 1.32. The summed E-state index contributed by atoms with van der Waals surface area (Å²) in [6.45, 7) is 2.01. The van der Waals surface area contributed by atoms with Gasteiger partial charge in [0.1, 0.15) is 12.4 Å². The molecule has 9 heteroatoms. The molecule has 0 saturated heterocycles. The van der Waals surface area contributed by atoms with Gasteiger partial charge in [-0.05, 0) is 36.8 Å². The minimum atomic E-state index is -0.397. The van der Waals surface area contributed by atoms with Crippen molar-refractivity contribution in [1.82, 2.24) is 14.8 Å². The predicted molar refractivity (Wildman–Crippen MR) is 109 cm³/mol. The molecule has 3 rings (SSSR count). The number of halogens is 1. The van der Waals surface area contributed by atoms with Gasteiger partial charge in [0, 0.05) is 12.7 Å². The van der Waals surface area contributed by atoms with E-state index in [1.807, 2.05) is 24.3 Å². The lowest BCUT2D eigenvalue weighted by atomic mass is 10.2. The second-order valence-corrected chi connectivity index (χ2v) is 7.14. The van der Waals surface area contributed by atoms with E-state index in [0.29, 0.717) is 28.2 Å². The molecule has 0 spiro atoms. The molecule has 0 bridgehead atoms. The molecule has 7 nitrogen and oxygen atoms in total. The summed E-state index contributed by atoms with van der Waals surface area (Å²) in [7, 11) is 3.38. The van der Waals surface area contributed by atoms with Gasteiger partial charge in [-0.15, -0.1) is 10.2 Å². The minimum Gasteiger partial charge on any atom is -0.493 e. The third kappa shape index (κ3) is 5.26. The zero-order valence-electron chi connectivity index (χ0n) is 16.3. The summed E-state index contributed by atoms with van der Waals surface area (Å²) in [5, 5.41) is 11.5. The number of benzene rings is 2. The van der Waals surface area contributed by atoms with Crippen LogP contribution in [0.1, 0.15) is 11.4 Å². The van der Waals surface area contributed by atoms with E-state index in [-0.39, 0.29) is 18.3 Å². The number of methoxy groups -OCH3 is 1. The topological polar surface area (TPSA) is 78.3 Å². The molecule has 0 atom stereocenters. The lowest BCUT2D eigenvalue weighted by molar-refractivity contribution is -0.113. The first kappa shape index (κ1) is 20.7. The maximum absolute atomic E-state index is 13.3. The number of hydrogen-bond acceptors (Lipinski definition) is 6. The number of carbonyl (C=O) groups is 1. The Bertz CT molecular complexity index is 1010. The van der Waals surface area contributed by atoms with Crippen LogP contribution in [-0.2, 0) is 18.4 Å². The summed E-state index contributed by atoms with van der Waals surface area (Å²) in [4.78, 5) is 12.2. The van der Waals surface area contributed by atoms with Crippen LogP contribution in [0.15, 0.2) is 47.6 Å². The quantitative estimate of drug-likeness (QED) is 0.566. The van der Waals surface area contributed by atoms with Gasteiger partial charge < -0.3 is 19.4 Å². The molecule has 1 aromatic heterocycles. The second-order valence-electron chi connectivity index (χ2n) is 6.19. The van der Waals surface area contributed by atoms with Crippen molar-refractivity contribution in [3.05, 3.63) is 59.7 Å². The molecule has 3 aromatic rings. The number of amides is 1. The smallest absolute Gasteiger partial charge is 0.234 e. The van der Waals surface area contributed by atoms with Crippen LogP contribution in [0.4, 0.5) is 10.1 Å². The highest BCUT2D eigenvalue weighted by molar-refractivity contribution is 7.99. The van der Waals surface area contributed by atoms with E-state index in [1.54, 1.807) is 31.7 Å². The number of nitrogens with one attached hydrogen (secondary N) is 1. The van der Waals surface area contributed by atoms with Crippen molar-refractivity contribution in [2.24, 2.45) is 7.05 Å². The van der Waals surface area contributed by atoms with E-state index in [2.05, 4.69) is 15.5 Å². The monoisotopic (exact) mass is 416 g/mol. The number of nitrogens with zero attached hydrogens (tertiary/aromatic N) is 3. The molecule has 0 unspecified atom stereocenters. The Kier molecular flexibility index (Phi) is 6.71. The fourth-order valence-corrected chi connectivity index (χ4v) is 3.25. The normalized spacial score (nSPS) is 10.6. The van der Waals surface area contributed by atoms with Gasteiger partial charge in [-0.25, -0.2) is 4.39 Å². The van der Waals surface area contributed by atoms with Crippen molar-refractivity contribution in [2.45, 2.75) is 18.7 Å². The molecule has 2 aromatic carbocycles. The average molecular weight is 416 g/mol. The third-order valence-electron chi connectivity index (χ3n) is 4.16. The summed E-state index contributed by atoms with van der Waals surface area (Å²) in [5.41, 5.74) is 1.25. The molecular weight excluding hydrogens is 395 g/mol. The maximum Gasteiger partial charge on any atom is 0.234 e. The van der Waals surface area contributed by atoms with Crippen LogP contribution in [0.5, 0.6) is 11.5 Å². The van der Waals surface area contributed by atoms with Crippen LogP contribution in [0, 0.1) is 12.7 Å². The van der Waals surface area contributed by atoms with E-state index < -0.39 is 5.82 Å². The van der Waals surface area contributed by atoms with Gasteiger partial charge in [-0.2, -0.15) is 0 Å². The Hall–Kier alpha value is -3.07. The maximum atomic E-state index is 13.3. The summed E-state index contributed by atoms with van der Waals surface area (Å²) in [6, 6.07) is 11.6. The standard InChI is InChI=1S/C20H21FN4O3S/c1-13-8-9-14(21)10-15(13)22-19(26)12-29-20-24-23-18(25(20)2)11-28-17-7-5-4-6-16(17)27-3/h4-10H,11-12H2,1-3H3,(H,22,26). The van der Waals surface area contributed by atoms with Crippen LogP contribution in [0.25, 0.3) is 0 Å². The van der Waals surface area contributed by atoms with E-state index in [4.69, 9.17) is 9.47 Å². The Morgan fingerprint density at radius 2 is 1.97 bits per heavy atom. The number of thioether (sulfide) groups is 1. The molecule has 0 aliphatic rings. The van der Waals surface area contributed by atoms with Gasteiger partial charge >= 0.3 is 0 Å². The first-order chi connectivity index (χ1) is 14.0. The summed E-state index contributed by atoms with van der Waals surface area (Å²) in [6.07, 6.45) is 0. The van der Waals surface area contributed by atoms with Gasteiger partial charge in [-0.3, -0.25) is 4.79 Å². The highest BCUT2D eigenvalue weighted by Gasteiger charge is 2.14. The molecule has 1 amide bonds. The van der Waals surface area contributed by atoms with Gasteiger partial charge in [0.15, 0.2) is 22.5 Å². The van der Waals surface area contributed by atoms with Crippen molar-refractivity contribution in [2.75, 3.05) is 18.2 Å². The fraction of sp³-hybridized carbons (Fsp3) is 0.250. The number of ether oxygens (including phenoxy) is 2. The first-order valence-corrected chi connectivity index (χ1v) is 9.79. The van der Waals surface area contributed by atoms with Crippen LogP contribution in [0.2, 0.25) is 0 Å². The Morgan fingerprint density at radius 3 is 2.72 bits per heavy atom. The largest absolute Gasteiger partial charge is 0.493 e. The van der Waals surface area contributed by atoms with Gasteiger partial charge in [0.2, 0.25) is 5.91 Å². The summed E-state index contributed by atoms with van der Waals surface area (Å²) < 4.78 is 26.1. The zero-order chi connectivity index (χ0) is 20.8. The minimum absolute atomic E-state index is 0.120. The number of para-hydroxylation sites is 2. The Morgan fingerprint density at radius 1 is 1.21 bits per heavy atom. The van der Waals surface area contributed by atoms with Crippen molar-refractivity contribution in [3.8, 4) is 11.5 Å². The molecule has 152 valence electrons. The van der Waals surface area contributed by atoms with Gasteiger partial charge in [0.25, 0.3) is 0 Å². The van der Waals surface area contributed by atoms with Gasteiger partial charge in [-0.1, -0.05) is 30.0 Å². The van der Waals surface area contributed by atoms with Crippen LogP contribution >= 0.6 is 11.8 Å². The van der Waals surface area contributed by atoms with E-state index in [0.717, 1.165) is 5.56 Å². The number of carbonyl (C=O) groups excluding carboxylic acids is 1. The SMILES string of the molecule is COc1ccccc1OCc1nnc(SCC(=O)Nc2cc(F)ccc2C)n1C. The number of hydrogen-bond donors (Lipinski definition) is 1. The van der Waals surface area contributed by atoms with Crippen molar-refractivity contribution in [1.29, 1.82) is 0 Å². The highest BCUT2D eigenvalue weighted by atomic mass is 32.2. The number of anilines is 1. The Balaban J connectivity index is 1.56. The molecular formula is C20H21FN4O3S. The predicted octanol–water partition coefficient (Wildman–Crippen LogP) is 3.58. The molecule has 1 heterocycles. The molecule has 1 N–H and O–H groups in total. The van der Waals surface area contributed by atoms with E-state index in [1.165, 1.54) is 23.9 Å². The number of aryl methyl sites for hydroxylation is 1. The van der Waals surface area contributed by atoms with Gasteiger partial charge in [0.05, 0.1) is 12.9 Å². The van der Waals surface area contributed by atoms with Crippen molar-refractivity contribution < 1.29 is 18.7 Å². The van der Waals surface area contributed by atoms with Crippen molar-refractivity contribution in [3.63, 3.8) is 0 Å². The lowest BCUT2D eigenvalue weighted by Gasteiger charge is -2.10. The molecule has 0 radical (unpaired) electrons. The average Bonchev–Trinajstić information content (AvgIpc) is 3.07.